The Morgan fingerprint density at radius 1 is 1.00 bits per heavy atom. The molecule has 0 saturated heterocycles. The molecule has 3 aromatic carbocycles. The van der Waals surface area contributed by atoms with Crippen LogP contribution in [-0.4, -0.2) is 11.9 Å². The number of para-hydroxylation sites is 1. The van der Waals surface area contributed by atoms with Crippen molar-refractivity contribution in [3.63, 3.8) is 0 Å². The summed E-state index contributed by atoms with van der Waals surface area (Å²) in [7, 11) is 0. The Bertz CT molecular complexity index is 1220. The summed E-state index contributed by atoms with van der Waals surface area (Å²) in [6.07, 6.45) is 3.64. The highest BCUT2D eigenvalue weighted by molar-refractivity contribution is 6.12. The number of hydrogen-bond donors (Lipinski definition) is 0. The summed E-state index contributed by atoms with van der Waals surface area (Å²) < 4.78 is 17.8. The zero-order chi connectivity index (χ0) is 21.4. The van der Waals surface area contributed by atoms with Gasteiger partial charge in [-0.15, -0.1) is 0 Å². The van der Waals surface area contributed by atoms with Crippen LogP contribution in [0.2, 0.25) is 0 Å². The summed E-state index contributed by atoms with van der Waals surface area (Å²) in [5.74, 6) is 2.19. The van der Waals surface area contributed by atoms with E-state index in [0.717, 1.165) is 22.4 Å². The van der Waals surface area contributed by atoms with Gasteiger partial charge in [-0.2, -0.15) is 0 Å². The van der Waals surface area contributed by atoms with Gasteiger partial charge in [0.05, 0.1) is 5.56 Å². The van der Waals surface area contributed by atoms with Crippen molar-refractivity contribution in [1.29, 1.82) is 0 Å². The first-order valence-electron chi connectivity index (χ1n) is 10.3. The van der Waals surface area contributed by atoms with E-state index in [1.807, 2.05) is 49.4 Å². The summed E-state index contributed by atoms with van der Waals surface area (Å²) in [6, 6.07) is 21.4. The van der Waals surface area contributed by atoms with E-state index in [-0.39, 0.29) is 11.9 Å². The fraction of sp³-hybridized carbons (Fsp3) is 0.148. The van der Waals surface area contributed by atoms with Crippen LogP contribution in [0, 0.1) is 6.92 Å². The van der Waals surface area contributed by atoms with Crippen molar-refractivity contribution in [3.8, 4) is 17.2 Å². The summed E-state index contributed by atoms with van der Waals surface area (Å²) in [6.45, 7) is 4.47. The van der Waals surface area contributed by atoms with E-state index in [9.17, 15) is 4.79 Å². The predicted octanol–water partition coefficient (Wildman–Crippen LogP) is 5.90. The zero-order valence-electron chi connectivity index (χ0n) is 17.4. The summed E-state index contributed by atoms with van der Waals surface area (Å²) in [4.78, 5) is 12.8. The average Bonchev–Trinajstić information content (AvgIpc) is 3.08. The number of ketones is 1. The molecule has 3 aromatic rings. The van der Waals surface area contributed by atoms with E-state index >= 15 is 0 Å². The highest BCUT2D eigenvalue weighted by Gasteiger charge is 2.29. The molecule has 0 saturated carbocycles. The maximum absolute atomic E-state index is 12.8. The molecular formula is C27H22O4. The molecule has 0 amide bonds. The van der Waals surface area contributed by atoms with Crippen LogP contribution in [0.15, 0.2) is 84.1 Å². The van der Waals surface area contributed by atoms with Gasteiger partial charge >= 0.3 is 0 Å². The van der Waals surface area contributed by atoms with Gasteiger partial charge in [0.2, 0.25) is 5.78 Å². The number of benzene rings is 3. The first-order chi connectivity index (χ1) is 15.1. The van der Waals surface area contributed by atoms with E-state index in [1.54, 1.807) is 24.3 Å². The second-order valence-corrected chi connectivity index (χ2v) is 7.81. The van der Waals surface area contributed by atoms with Crippen LogP contribution in [0.4, 0.5) is 0 Å². The van der Waals surface area contributed by atoms with E-state index in [2.05, 4.69) is 19.1 Å². The van der Waals surface area contributed by atoms with Crippen molar-refractivity contribution >= 4 is 11.9 Å². The van der Waals surface area contributed by atoms with Gasteiger partial charge in [-0.05, 0) is 55.3 Å². The highest BCUT2D eigenvalue weighted by Crippen LogP contribution is 2.36. The van der Waals surface area contributed by atoms with Crippen LogP contribution in [0.1, 0.15) is 34.0 Å². The number of carbonyl (C=O) groups excluding carboxylic acids is 1. The Morgan fingerprint density at radius 3 is 2.65 bits per heavy atom. The molecule has 0 N–H and O–H groups in total. The number of aryl methyl sites for hydroxylation is 1. The Kier molecular flexibility index (Phi) is 4.83. The van der Waals surface area contributed by atoms with E-state index in [4.69, 9.17) is 14.2 Å². The molecule has 0 spiro atoms. The fourth-order valence-corrected chi connectivity index (χ4v) is 3.68. The van der Waals surface area contributed by atoms with Crippen molar-refractivity contribution in [2.75, 3.05) is 0 Å². The predicted molar refractivity (Wildman–Crippen MR) is 120 cm³/mol. The molecule has 2 aliphatic rings. The van der Waals surface area contributed by atoms with E-state index < -0.39 is 0 Å². The Hall–Kier alpha value is -3.79. The monoisotopic (exact) mass is 410 g/mol. The Balaban J connectivity index is 1.35. The van der Waals surface area contributed by atoms with Gasteiger partial charge in [-0.1, -0.05) is 48.0 Å². The van der Waals surface area contributed by atoms with Gasteiger partial charge in [0.15, 0.2) is 5.76 Å². The van der Waals surface area contributed by atoms with Crippen LogP contribution in [0.5, 0.6) is 17.2 Å². The number of rotatable bonds is 4. The second-order valence-electron chi connectivity index (χ2n) is 7.81. The Labute approximate surface area is 181 Å². The summed E-state index contributed by atoms with van der Waals surface area (Å²) >= 11 is 0. The highest BCUT2D eigenvalue weighted by atomic mass is 16.5. The maximum Gasteiger partial charge on any atom is 0.231 e. The molecular weight excluding hydrogens is 388 g/mol. The van der Waals surface area contributed by atoms with E-state index in [1.165, 1.54) is 5.56 Å². The third-order valence-electron chi connectivity index (χ3n) is 5.48. The lowest BCUT2D eigenvalue weighted by molar-refractivity contribution is 0.101. The van der Waals surface area contributed by atoms with Gasteiger partial charge in [0.1, 0.15) is 30.0 Å². The number of carbonyl (C=O) groups is 1. The van der Waals surface area contributed by atoms with Crippen molar-refractivity contribution in [2.24, 2.45) is 0 Å². The lowest BCUT2D eigenvalue weighted by atomic mass is 10.0. The van der Waals surface area contributed by atoms with Crippen LogP contribution >= 0.6 is 0 Å². The van der Waals surface area contributed by atoms with Crippen LogP contribution in [0.3, 0.4) is 0 Å². The molecule has 154 valence electrons. The van der Waals surface area contributed by atoms with Crippen LogP contribution in [0.25, 0.3) is 6.08 Å². The summed E-state index contributed by atoms with van der Waals surface area (Å²) in [5.41, 5.74) is 4.72. The van der Waals surface area contributed by atoms with Gasteiger partial charge in [0, 0.05) is 11.6 Å². The second kappa shape index (κ2) is 7.80. The Morgan fingerprint density at radius 2 is 1.81 bits per heavy atom. The number of hydrogen-bond acceptors (Lipinski definition) is 4. The smallest absolute Gasteiger partial charge is 0.231 e. The standard InChI is InChI=1S/C27H22O4/c1-17-7-9-19(10-8-17)16-29-22-11-12-23-25(15-22)31-26(27(23)28)14-21-13-20-5-3-4-6-24(20)30-18(21)2/h3-15,18H,16H2,1-2H3/b26-14-/t18-/m0/s1. The molecule has 0 radical (unpaired) electrons. The number of fused-ring (bicyclic) bond motifs is 2. The first kappa shape index (κ1) is 19.2. The molecule has 0 aliphatic carbocycles. The average molecular weight is 410 g/mol. The molecule has 4 nitrogen and oxygen atoms in total. The molecule has 5 rings (SSSR count). The van der Waals surface area contributed by atoms with Crippen molar-refractivity contribution < 1.29 is 19.0 Å². The van der Waals surface area contributed by atoms with Crippen molar-refractivity contribution in [3.05, 3.63) is 106 Å². The minimum Gasteiger partial charge on any atom is -0.489 e. The molecule has 0 fully saturated rings. The van der Waals surface area contributed by atoms with Crippen LogP contribution < -0.4 is 14.2 Å². The van der Waals surface area contributed by atoms with Crippen LogP contribution in [-0.2, 0) is 6.61 Å². The third kappa shape index (κ3) is 3.84. The minimum absolute atomic E-state index is 0.132. The van der Waals surface area contributed by atoms with Gasteiger partial charge in [-0.3, -0.25) is 4.79 Å². The summed E-state index contributed by atoms with van der Waals surface area (Å²) in [5, 5.41) is 0. The largest absolute Gasteiger partial charge is 0.489 e. The molecule has 0 bridgehead atoms. The number of ether oxygens (including phenoxy) is 3. The lowest BCUT2D eigenvalue weighted by Gasteiger charge is -2.22. The molecule has 2 heterocycles. The topological polar surface area (TPSA) is 44.8 Å². The molecule has 1 atom stereocenters. The zero-order valence-corrected chi connectivity index (χ0v) is 17.4. The maximum atomic E-state index is 12.8. The number of allylic oxidation sites excluding steroid dienone is 1. The molecule has 0 aromatic heterocycles. The van der Waals surface area contributed by atoms with Gasteiger partial charge in [0.25, 0.3) is 0 Å². The van der Waals surface area contributed by atoms with Gasteiger partial charge < -0.3 is 14.2 Å². The molecule has 31 heavy (non-hydrogen) atoms. The van der Waals surface area contributed by atoms with Gasteiger partial charge in [-0.25, -0.2) is 0 Å². The minimum atomic E-state index is -0.170. The van der Waals surface area contributed by atoms with E-state index in [0.29, 0.717) is 29.4 Å². The van der Waals surface area contributed by atoms with Crippen molar-refractivity contribution in [1.82, 2.24) is 0 Å². The fourth-order valence-electron chi connectivity index (χ4n) is 3.68. The first-order valence-corrected chi connectivity index (χ1v) is 10.3. The third-order valence-corrected chi connectivity index (χ3v) is 5.48. The molecule has 4 heteroatoms. The molecule has 2 aliphatic heterocycles. The number of Topliss-reactive ketones (excluding diaryl/α,β-unsaturated/α-hetero) is 1. The quantitative estimate of drug-likeness (QED) is 0.503. The SMILES string of the molecule is Cc1ccc(COc2ccc3c(c2)O/C(=C\C2=Cc4ccccc4O[C@H]2C)C3=O)cc1. The molecule has 0 unspecified atom stereocenters. The normalized spacial score (nSPS) is 18.0. The van der Waals surface area contributed by atoms with Crippen molar-refractivity contribution in [2.45, 2.75) is 26.6 Å². The lowest BCUT2D eigenvalue weighted by Crippen LogP contribution is -2.18.